The third kappa shape index (κ3) is 5.66. The summed E-state index contributed by atoms with van der Waals surface area (Å²) < 4.78 is 19.3. The van der Waals surface area contributed by atoms with Gasteiger partial charge in [0.25, 0.3) is 0 Å². The highest BCUT2D eigenvalue weighted by Crippen LogP contribution is 2.38. The van der Waals surface area contributed by atoms with Gasteiger partial charge in [-0.3, -0.25) is 14.4 Å². The summed E-state index contributed by atoms with van der Waals surface area (Å²) in [4.78, 5) is 18.4. The first kappa shape index (κ1) is 22.7. The quantitative estimate of drug-likeness (QED) is 0.523. The summed E-state index contributed by atoms with van der Waals surface area (Å²) in [5.41, 5.74) is 1.77. The molecule has 8 heteroatoms. The van der Waals surface area contributed by atoms with Crippen molar-refractivity contribution in [3.63, 3.8) is 0 Å². The van der Waals surface area contributed by atoms with Crippen LogP contribution in [0.3, 0.4) is 0 Å². The summed E-state index contributed by atoms with van der Waals surface area (Å²) in [6.45, 7) is 8.28. The van der Waals surface area contributed by atoms with Crippen molar-refractivity contribution >= 4 is 6.29 Å². The first-order valence-electron chi connectivity index (χ1n) is 11.8. The van der Waals surface area contributed by atoms with Crippen molar-refractivity contribution in [2.75, 3.05) is 46.1 Å². The Kier molecular flexibility index (Phi) is 8.12. The molecular weight excluding hydrogens is 408 g/mol. The number of carbonyl (C=O) groups excluding carboxylic acids is 1. The third-order valence-corrected chi connectivity index (χ3v) is 6.55. The zero-order valence-corrected chi connectivity index (χ0v) is 18.9. The van der Waals surface area contributed by atoms with E-state index in [9.17, 15) is 4.79 Å². The molecule has 0 bridgehead atoms. The lowest BCUT2D eigenvalue weighted by molar-refractivity contribution is 0.0320. The van der Waals surface area contributed by atoms with Crippen molar-refractivity contribution in [1.82, 2.24) is 19.7 Å². The normalized spacial score (nSPS) is 21.9. The molecule has 2 aromatic rings. The summed E-state index contributed by atoms with van der Waals surface area (Å²) in [6, 6.07) is 3.81. The zero-order valence-electron chi connectivity index (χ0n) is 18.9. The van der Waals surface area contributed by atoms with E-state index in [0.717, 1.165) is 58.5 Å². The molecule has 0 spiro atoms. The summed E-state index contributed by atoms with van der Waals surface area (Å²) in [7, 11) is 0. The molecule has 0 amide bonds. The van der Waals surface area contributed by atoms with Crippen LogP contribution in [0.4, 0.5) is 0 Å². The summed E-state index contributed by atoms with van der Waals surface area (Å²) in [5, 5.41) is 4.45. The average molecular weight is 443 g/mol. The van der Waals surface area contributed by atoms with Crippen LogP contribution < -0.4 is 9.47 Å². The Balaban J connectivity index is 1.34. The van der Waals surface area contributed by atoms with Gasteiger partial charge < -0.3 is 14.2 Å². The highest BCUT2D eigenvalue weighted by atomic mass is 16.5. The molecule has 1 saturated carbocycles. The first-order valence-corrected chi connectivity index (χ1v) is 11.8. The van der Waals surface area contributed by atoms with Crippen molar-refractivity contribution < 1.29 is 19.0 Å². The number of ether oxygens (including phenoxy) is 3. The fourth-order valence-electron chi connectivity index (χ4n) is 4.75. The maximum absolute atomic E-state index is 11.7. The van der Waals surface area contributed by atoms with Gasteiger partial charge in [-0.05, 0) is 25.8 Å². The van der Waals surface area contributed by atoms with Gasteiger partial charge in [0.15, 0.2) is 6.29 Å². The van der Waals surface area contributed by atoms with Crippen LogP contribution in [-0.2, 0) is 11.3 Å². The van der Waals surface area contributed by atoms with Crippen LogP contribution in [0.15, 0.2) is 24.5 Å². The second-order valence-corrected chi connectivity index (χ2v) is 8.51. The maximum Gasteiger partial charge on any atom is 0.214 e. The fourth-order valence-corrected chi connectivity index (χ4v) is 4.75. The van der Waals surface area contributed by atoms with Crippen molar-refractivity contribution in [1.29, 1.82) is 0 Å². The Morgan fingerprint density at radius 3 is 2.88 bits per heavy atom. The number of nitrogens with zero attached hydrogens (tertiary/aromatic N) is 4. The molecule has 1 aliphatic heterocycles. The average Bonchev–Trinajstić information content (AvgIpc) is 3.33. The lowest BCUT2D eigenvalue weighted by atomic mass is 9.78. The van der Waals surface area contributed by atoms with E-state index in [1.165, 1.54) is 18.5 Å². The van der Waals surface area contributed by atoms with Crippen molar-refractivity contribution in [2.24, 2.45) is 5.92 Å². The largest absolute Gasteiger partial charge is 0.491 e. The number of aromatic nitrogens is 3. The molecule has 2 aromatic heterocycles. The number of carbonyl (C=O) groups is 1. The Morgan fingerprint density at radius 1 is 1.22 bits per heavy atom. The van der Waals surface area contributed by atoms with Gasteiger partial charge in [0.2, 0.25) is 5.88 Å². The van der Waals surface area contributed by atoms with Gasteiger partial charge >= 0.3 is 0 Å². The standard InChI is InChI=1S/C24H34N4O4/c1-2-28-22(7-8-26-28)21-6-4-3-5-19(21)18-32-23-16-25-24(15-20(23)17-29)31-14-11-27-9-12-30-13-10-27/h7-8,15-17,19,21H,2-6,9-14,18H2,1H3. The molecule has 2 unspecified atom stereocenters. The topological polar surface area (TPSA) is 78.7 Å². The number of hydrogen-bond acceptors (Lipinski definition) is 7. The van der Waals surface area contributed by atoms with Gasteiger partial charge in [0.1, 0.15) is 12.4 Å². The molecule has 3 heterocycles. The molecule has 1 saturated heterocycles. The molecule has 2 atom stereocenters. The van der Waals surface area contributed by atoms with Gasteiger partial charge in [-0.25, -0.2) is 4.98 Å². The second kappa shape index (κ2) is 11.4. The highest BCUT2D eigenvalue weighted by molar-refractivity contribution is 5.79. The summed E-state index contributed by atoms with van der Waals surface area (Å²) in [6.07, 6.45) is 9.02. The monoisotopic (exact) mass is 442 g/mol. The van der Waals surface area contributed by atoms with Crippen LogP contribution in [0, 0.1) is 5.92 Å². The van der Waals surface area contributed by atoms with Crippen LogP contribution in [0.5, 0.6) is 11.6 Å². The molecule has 0 aromatic carbocycles. The molecule has 4 rings (SSSR count). The van der Waals surface area contributed by atoms with Gasteiger partial charge in [0.05, 0.1) is 31.6 Å². The van der Waals surface area contributed by atoms with Gasteiger partial charge in [-0.15, -0.1) is 0 Å². The maximum atomic E-state index is 11.7. The molecule has 2 aliphatic rings. The van der Waals surface area contributed by atoms with Gasteiger partial charge in [0, 0.05) is 56.0 Å². The minimum absolute atomic E-state index is 0.398. The number of hydrogen-bond donors (Lipinski definition) is 0. The van der Waals surface area contributed by atoms with E-state index in [1.54, 1.807) is 12.3 Å². The van der Waals surface area contributed by atoms with Crippen LogP contribution in [-0.4, -0.2) is 72.0 Å². The van der Waals surface area contributed by atoms with E-state index >= 15 is 0 Å². The van der Waals surface area contributed by atoms with Gasteiger partial charge in [-0.1, -0.05) is 12.8 Å². The SMILES string of the molecule is CCn1nccc1C1CCCCC1COc1cnc(OCCN2CCOCC2)cc1C=O. The van der Waals surface area contributed by atoms with Gasteiger partial charge in [-0.2, -0.15) is 5.10 Å². The molecular formula is C24H34N4O4. The minimum atomic E-state index is 0.398. The Morgan fingerprint density at radius 2 is 2.06 bits per heavy atom. The van der Waals surface area contributed by atoms with E-state index in [-0.39, 0.29) is 0 Å². The number of aryl methyl sites for hydroxylation is 1. The number of morpholine rings is 1. The Hall–Kier alpha value is -2.45. The second-order valence-electron chi connectivity index (χ2n) is 8.51. The van der Waals surface area contributed by atoms with E-state index in [0.29, 0.717) is 42.2 Å². The number of rotatable bonds is 10. The van der Waals surface area contributed by atoms with E-state index < -0.39 is 0 Å². The molecule has 0 radical (unpaired) electrons. The molecule has 32 heavy (non-hydrogen) atoms. The third-order valence-electron chi connectivity index (χ3n) is 6.55. The van der Waals surface area contributed by atoms with E-state index in [1.807, 2.05) is 6.20 Å². The fraction of sp³-hybridized carbons (Fsp3) is 0.625. The lowest BCUT2D eigenvalue weighted by Gasteiger charge is -2.32. The van der Waals surface area contributed by atoms with E-state index in [2.05, 4.69) is 32.7 Å². The lowest BCUT2D eigenvalue weighted by Crippen LogP contribution is -2.38. The molecule has 8 nitrogen and oxygen atoms in total. The molecule has 2 fully saturated rings. The molecule has 1 aliphatic carbocycles. The minimum Gasteiger partial charge on any atom is -0.491 e. The zero-order chi connectivity index (χ0) is 22.2. The predicted molar refractivity (Wildman–Crippen MR) is 120 cm³/mol. The molecule has 0 N–H and O–H groups in total. The number of pyridine rings is 1. The Labute approximate surface area is 189 Å². The van der Waals surface area contributed by atoms with Crippen LogP contribution in [0.25, 0.3) is 0 Å². The molecule has 174 valence electrons. The summed E-state index contributed by atoms with van der Waals surface area (Å²) in [5.74, 6) is 1.81. The highest BCUT2D eigenvalue weighted by Gasteiger charge is 2.29. The Bertz CT molecular complexity index is 865. The smallest absolute Gasteiger partial charge is 0.214 e. The summed E-state index contributed by atoms with van der Waals surface area (Å²) >= 11 is 0. The van der Waals surface area contributed by atoms with Crippen LogP contribution >= 0.6 is 0 Å². The van der Waals surface area contributed by atoms with Crippen molar-refractivity contribution in [3.8, 4) is 11.6 Å². The van der Waals surface area contributed by atoms with E-state index in [4.69, 9.17) is 14.2 Å². The number of aldehydes is 1. The van der Waals surface area contributed by atoms with Crippen LogP contribution in [0.1, 0.15) is 54.6 Å². The predicted octanol–water partition coefficient (Wildman–Crippen LogP) is 3.17. The van der Waals surface area contributed by atoms with Crippen molar-refractivity contribution in [2.45, 2.75) is 45.1 Å². The van der Waals surface area contributed by atoms with Crippen LogP contribution in [0.2, 0.25) is 0 Å². The van der Waals surface area contributed by atoms with Crippen molar-refractivity contribution in [3.05, 3.63) is 35.8 Å². The first-order chi connectivity index (χ1) is 15.8.